The van der Waals surface area contributed by atoms with E-state index in [-0.39, 0.29) is 5.91 Å². The zero-order valence-electron chi connectivity index (χ0n) is 11.8. The molecule has 0 aromatic carbocycles. The summed E-state index contributed by atoms with van der Waals surface area (Å²) in [6.45, 7) is 2.41. The Morgan fingerprint density at radius 2 is 1.94 bits per heavy atom. The Balaban J connectivity index is 1.95. The molecule has 0 aliphatic heterocycles. The van der Waals surface area contributed by atoms with E-state index in [1.807, 2.05) is 0 Å². The maximum absolute atomic E-state index is 10.9. The Morgan fingerprint density at radius 1 is 1.22 bits per heavy atom. The van der Waals surface area contributed by atoms with Gasteiger partial charge in [0, 0.05) is 13.0 Å². The lowest BCUT2D eigenvalue weighted by Gasteiger charge is -2.26. The van der Waals surface area contributed by atoms with Crippen molar-refractivity contribution >= 4 is 5.91 Å². The van der Waals surface area contributed by atoms with Crippen LogP contribution in [0.4, 0.5) is 0 Å². The summed E-state index contributed by atoms with van der Waals surface area (Å²) in [5, 5.41) is 0. The molecule has 0 unspecified atom stereocenters. The molecule has 0 aromatic rings. The highest BCUT2D eigenvalue weighted by Gasteiger charge is 2.14. The molecule has 1 fully saturated rings. The van der Waals surface area contributed by atoms with E-state index < -0.39 is 0 Å². The Hall–Kier alpha value is -0.610. The van der Waals surface area contributed by atoms with Crippen LogP contribution in [-0.2, 0) is 4.79 Å². The molecule has 18 heavy (non-hydrogen) atoms. The summed E-state index contributed by atoms with van der Waals surface area (Å²) >= 11 is 0. The van der Waals surface area contributed by atoms with Gasteiger partial charge in [-0.1, -0.05) is 25.7 Å². The molecule has 4 nitrogen and oxygen atoms in total. The number of hydrogen-bond donors (Lipinski definition) is 2. The average Bonchev–Trinajstić information content (AvgIpc) is 2.39. The van der Waals surface area contributed by atoms with Gasteiger partial charge in [-0.2, -0.15) is 0 Å². The standard InChI is InChI=1S/C14H29N3O/c1-17(12-13-8-4-2-5-9-13)11-7-3-6-10-14(18)16-15/h13H,2-12,15H2,1H3,(H,16,18). The second-order valence-corrected chi connectivity index (χ2v) is 5.64. The predicted octanol–water partition coefficient (Wildman–Crippen LogP) is 2.05. The quantitative estimate of drug-likeness (QED) is 0.302. The molecule has 1 aliphatic carbocycles. The summed E-state index contributed by atoms with van der Waals surface area (Å²) in [5.74, 6) is 5.90. The van der Waals surface area contributed by atoms with Gasteiger partial charge in [-0.25, -0.2) is 5.84 Å². The Bertz CT molecular complexity index is 227. The van der Waals surface area contributed by atoms with Crippen molar-refractivity contribution in [3.63, 3.8) is 0 Å². The summed E-state index contributed by atoms with van der Waals surface area (Å²) < 4.78 is 0. The number of nitrogens with zero attached hydrogens (tertiary/aromatic N) is 1. The number of nitrogens with two attached hydrogens (primary N) is 1. The number of carbonyl (C=O) groups excluding carboxylic acids is 1. The molecule has 1 saturated carbocycles. The van der Waals surface area contributed by atoms with Crippen LogP contribution in [0.15, 0.2) is 0 Å². The van der Waals surface area contributed by atoms with Crippen LogP contribution in [0.3, 0.4) is 0 Å². The fraction of sp³-hybridized carbons (Fsp3) is 0.929. The van der Waals surface area contributed by atoms with Gasteiger partial charge >= 0.3 is 0 Å². The maximum Gasteiger partial charge on any atom is 0.233 e. The van der Waals surface area contributed by atoms with E-state index in [1.165, 1.54) is 45.1 Å². The lowest BCUT2D eigenvalue weighted by molar-refractivity contribution is -0.121. The topological polar surface area (TPSA) is 58.4 Å². The molecule has 0 atom stereocenters. The molecule has 1 aliphatic rings. The highest BCUT2D eigenvalue weighted by atomic mass is 16.2. The van der Waals surface area contributed by atoms with Crippen LogP contribution in [0, 0.1) is 5.92 Å². The molecule has 4 heteroatoms. The maximum atomic E-state index is 10.9. The normalized spacial score (nSPS) is 17.1. The average molecular weight is 255 g/mol. The van der Waals surface area contributed by atoms with Crippen molar-refractivity contribution in [1.29, 1.82) is 0 Å². The molecule has 0 radical (unpaired) electrons. The van der Waals surface area contributed by atoms with E-state index in [0.29, 0.717) is 6.42 Å². The number of nitrogens with one attached hydrogen (secondary N) is 1. The van der Waals surface area contributed by atoms with Crippen molar-refractivity contribution in [3.05, 3.63) is 0 Å². The lowest BCUT2D eigenvalue weighted by atomic mass is 9.89. The van der Waals surface area contributed by atoms with Crippen LogP contribution in [0.25, 0.3) is 0 Å². The van der Waals surface area contributed by atoms with E-state index in [1.54, 1.807) is 0 Å². The van der Waals surface area contributed by atoms with Gasteiger partial charge < -0.3 is 4.90 Å². The van der Waals surface area contributed by atoms with Gasteiger partial charge in [0.05, 0.1) is 0 Å². The van der Waals surface area contributed by atoms with Gasteiger partial charge in [-0.3, -0.25) is 10.2 Å². The molecule has 106 valence electrons. The fourth-order valence-electron chi connectivity index (χ4n) is 2.82. The first kappa shape index (κ1) is 15.4. The summed E-state index contributed by atoms with van der Waals surface area (Å²) in [5.41, 5.74) is 2.17. The number of unbranched alkanes of at least 4 members (excludes halogenated alkanes) is 2. The smallest absolute Gasteiger partial charge is 0.233 e. The Morgan fingerprint density at radius 3 is 2.61 bits per heavy atom. The summed E-state index contributed by atoms with van der Waals surface area (Å²) in [6, 6.07) is 0. The molecule has 0 aromatic heterocycles. The largest absolute Gasteiger partial charge is 0.306 e. The lowest BCUT2D eigenvalue weighted by Crippen LogP contribution is -2.29. The third-order valence-electron chi connectivity index (χ3n) is 3.90. The monoisotopic (exact) mass is 255 g/mol. The number of carbonyl (C=O) groups is 1. The first-order chi connectivity index (χ1) is 8.72. The highest BCUT2D eigenvalue weighted by molar-refractivity contribution is 5.74. The van der Waals surface area contributed by atoms with Crippen LogP contribution in [0.5, 0.6) is 0 Å². The van der Waals surface area contributed by atoms with Crippen LogP contribution in [-0.4, -0.2) is 30.9 Å². The Kier molecular flexibility index (Phi) is 8.01. The molecule has 1 rings (SSSR count). The molecule has 0 spiro atoms. The second-order valence-electron chi connectivity index (χ2n) is 5.64. The van der Waals surface area contributed by atoms with Crippen LogP contribution in [0.1, 0.15) is 57.8 Å². The van der Waals surface area contributed by atoms with E-state index in [2.05, 4.69) is 17.4 Å². The summed E-state index contributed by atoms with van der Waals surface area (Å²) in [7, 11) is 2.22. The van der Waals surface area contributed by atoms with E-state index >= 15 is 0 Å². The molecule has 0 heterocycles. The van der Waals surface area contributed by atoms with Crippen molar-refractivity contribution < 1.29 is 4.79 Å². The van der Waals surface area contributed by atoms with Gasteiger partial charge in [-0.15, -0.1) is 0 Å². The molecule has 3 N–H and O–H groups in total. The predicted molar refractivity (Wildman–Crippen MR) is 74.9 cm³/mol. The first-order valence-electron chi connectivity index (χ1n) is 7.40. The minimum atomic E-state index is -0.0504. The Labute approximate surface area is 111 Å². The van der Waals surface area contributed by atoms with Crippen molar-refractivity contribution in [2.45, 2.75) is 57.8 Å². The number of rotatable bonds is 8. The van der Waals surface area contributed by atoms with Gasteiger partial charge in [-0.05, 0) is 45.2 Å². The van der Waals surface area contributed by atoms with Crippen LogP contribution < -0.4 is 11.3 Å². The van der Waals surface area contributed by atoms with Gasteiger partial charge in [0.2, 0.25) is 5.91 Å². The molecule has 0 bridgehead atoms. The van der Waals surface area contributed by atoms with Crippen molar-refractivity contribution in [2.75, 3.05) is 20.1 Å². The molecule has 1 amide bonds. The minimum Gasteiger partial charge on any atom is -0.306 e. The van der Waals surface area contributed by atoms with Crippen molar-refractivity contribution in [3.8, 4) is 0 Å². The second kappa shape index (κ2) is 9.34. The third-order valence-corrected chi connectivity index (χ3v) is 3.90. The van der Waals surface area contributed by atoms with E-state index in [9.17, 15) is 4.79 Å². The molecular weight excluding hydrogens is 226 g/mol. The molecule has 0 saturated heterocycles. The minimum absolute atomic E-state index is 0.0504. The van der Waals surface area contributed by atoms with Crippen molar-refractivity contribution in [2.24, 2.45) is 11.8 Å². The van der Waals surface area contributed by atoms with E-state index in [0.717, 1.165) is 25.3 Å². The summed E-state index contributed by atoms with van der Waals surface area (Å²) in [4.78, 5) is 13.4. The fourth-order valence-corrected chi connectivity index (χ4v) is 2.82. The highest BCUT2D eigenvalue weighted by Crippen LogP contribution is 2.24. The van der Waals surface area contributed by atoms with Gasteiger partial charge in [0.25, 0.3) is 0 Å². The number of hydrogen-bond acceptors (Lipinski definition) is 3. The van der Waals surface area contributed by atoms with Gasteiger partial charge in [0.1, 0.15) is 0 Å². The first-order valence-corrected chi connectivity index (χ1v) is 7.40. The van der Waals surface area contributed by atoms with Crippen LogP contribution in [0.2, 0.25) is 0 Å². The SMILES string of the molecule is CN(CCCCCC(=O)NN)CC1CCCCC1. The zero-order valence-corrected chi connectivity index (χ0v) is 11.8. The molecular formula is C14H29N3O. The third kappa shape index (κ3) is 6.97. The van der Waals surface area contributed by atoms with Gasteiger partial charge in [0.15, 0.2) is 0 Å². The van der Waals surface area contributed by atoms with Crippen molar-refractivity contribution in [1.82, 2.24) is 10.3 Å². The summed E-state index contributed by atoms with van der Waals surface area (Å²) in [6.07, 6.45) is 10.9. The zero-order chi connectivity index (χ0) is 13.2. The van der Waals surface area contributed by atoms with Crippen LogP contribution >= 0.6 is 0 Å². The number of hydrazine groups is 1. The van der Waals surface area contributed by atoms with E-state index in [4.69, 9.17) is 5.84 Å². The number of amides is 1.